The first kappa shape index (κ1) is 15.5. The molecule has 26 heavy (non-hydrogen) atoms. The summed E-state index contributed by atoms with van der Waals surface area (Å²) in [6.45, 7) is 0. The zero-order chi connectivity index (χ0) is 18.1. The van der Waals surface area contributed by atoms with E-state index >= 15 is 0 Å². The van der Waals surface area contributed by atoms with Crippen LogP contribution in [0.1, 0.15) is 11.1 Å². The summed E-state index contributed by atoms with van der Waals surface area (Å²) in [6.07, 6.45) is 1.56. The number of benzene rings is 2. The lowest BCUT2D eigenvalue weighted by atomic mass is 10.0. The lowest BCUT2D eigenvalue weighted by molar-refractivity contribution is 0.183. The van der Waals surface area contributed by atoms with Crippen LogP contribution in [0.2, 0.25) is 0 Å². The summed E-state index contributed by atoms with van der Waals surface area (Å²) >= 11 is 0. The standard InChI is InChI=1S/C20H12N4O2/c1-25-24-17-10-15(12-22)14(11-21)9-16(17)19(18-7-8-23-26-18)20(24)13-5-3-2-4-6-13/h2-10H,1H3. The summed E-state index contributed by atoms with van der Waals surface area (Å²) < 4.78 is 7.05. The molecule has 0 fully saturated rings. The molecule has 0 amide bonds. The Balaban J connectivity index is 2.20. The Bertz CT molecular complexity index is 1180. The van der Waals surface area contributed by atoms with E-state index in [1.165, 1.54) is 0 Å². The van der Waals surface area contributed by atoms with E-state index in [0.29, 0.717) is 22.4 Å². The molecule has 6 nitrogen and oxygen atoms in total. The maximum Gasteiger partial charge on any atom is 0.169 e. The van der Waals surface area contributed by atoms with Crippen molar-refractivity contribution < 1.29 is 9.36 Å². The molecule has 0 bridgehead atoms. The molecule has 0 atom stereocenters. The largest absolute Gasteiger partial charge is 0.416 e. The quantitative estimate of drug-likeness (QED) is 0.566. The van der Waals surface area contributed by atoms with E-state index in [0.717, 1.165) is 22.2 Å². The molecule has 2 aromatic carbocycles. The summed E-state index contributed by atoms with van der Waals surface area (Å²) in [7, 11) is 1.56. The number of nitriles is 2. The first-order valence-electron chi connectivity index (χ1n) is 7.82. The van der Waals surface area contributed by atoms with Crippen LogP contribution in [0.5, 0.6) is 0 Å². The second-order valence-electron chi connectivity index (χ2n) is 5.58. The van der Waals surface area contributed by atoms with Crippen LogP contribution in [-0.2, 0) is 0 Å². The van der Waals surface area contributed by atoms with Gasteiger partial charge in [0.05, 0.1) is 34.1 Å². The van der Waals surface area contributed by atoms with Crippen molar-refractivity contribution in [3.63, 3.8) is 0 Å². The van der Waals surface area contributed by atoms with Gasteiger partial charge in [0, 0.05) is 17.0 Å². The molecule has 124 valence electrons. The van der Waals surface area contributed by atoms with Crippen LogP contribution in [0.25, 0.3) is 33.5 Å². The van der Waals surface area contributed by atoms with Gasteiger partial charge in [0.2, 0.25) is 0 Å². The average molecular weight is 340 g/mol. The van der Waals surface area contributed by atoms with Crippen LogP contribution >= 0.6 is 0 Å². The highest BCUT2D eigenvalue weighted by Crippen LogP contribution is 2.41. The van der Waals surface area contributed by atoms with Gasteiger partial charge in [-0.1, -0.05) is 35.5 Å². The molecule has 4 rings (SSSR count). The summed E-state index contributed by atoms with van der Waals surface area (Å²) in [4.78, 5) is 5.63. The minimum absolute atomic E-state index is 0.291. The fourth-order valence-corrected chi connectivity index (χ4v) is 3.13. The van der Waals surface area contributed by atoms with E-state index in [1.807, 2.05) is 30.3 Å². The third kappa shape index (κ3) is 2.21. The Morgan fingerprint density at radius 3 is 2.38 bits per heavy atom. The minimum Gasteiger partial charge on any atom is -0.416 e. The van der Waals surface area contributed by atoms with E-state index in [-0.39, 0.29) is 0 Å². The van der Waals surface area contributed by atoms with Crippen LogP contribution in [0.15, 0.2) is 59.3 Å². The second-order valence-corrected chi connectivity index (χ2v) is 5.58. The van der Waals surface area contributed by atoms with Crippen LogP contribution in [0.3, 0.4) is 0 Å². The summed E-state index contributed by atoms with van der Waals surface area (Å²) in [5, 5.41) is 23.3. The molecular weight excluding hydrogens is 328 g/mol. The van der Waals surface area contributed by atoms with E-state index in [9.17, 15) is 10.5 Å². The Labute approximate surface area is 149 Å². The first-order chi connectivity index (χ1) is 12.8. The predicted molar refractivity (Wildman–Crippen MR) is 94.8 cm³/mol. The molecule has 2 aromatic heterocycles. The lowest BCUT2D eigenvalue weighted by Gasteiger charge is -2.09. The molecular formula is C20H12N4O2. The van der Waals surface area contributed by atoms with E-state index in [4.69, 9.17) is 9.36 Å². The first-order valence-corrected chi connectivity index (χ1v) is 7.82. The van der Waals surface area contributed by atoms with Gasteiger partial charge < -0.3 is 9.36 Å². The van der Waals surface area contributed by atoms with Gasteiger partial charge in [-0.05, 0) is 12.1 Å². The van der Waals surface area contributed by atoms with Crippen molar-refractivity contribution in [1.29, 1.82) is 10.5 Å². The van der Waals surface area contributed by atoms with Crippen LogP contribution in [0, 0.1) is 22.7 Å². The average Bonchev–Trinajstić information content (AvgIpc) is 3.32. The van der Waals surface area contributed by atoms with Gasteiger partial charge in [0.25, 0.3) is 0 Å². The molecule has 0 radical (unpaired) electrons. The van der Waals surface area contributed by atoms with Crippen LogP contribution in [0.4, 0.5) is 0 Å². The Kier molecular flexibility index (Phi) is 3.65. The van der Waals surface area contributed by atoms with Gasteiger partial charge in [-0.3, -0.25) is 0 Å². The molecule has 6 heteroatoms. The lowest BCUT2D eigenvalue weighted by Crippen LogP contribution is -2.07. The summed E-state index contributed by atoms with van der Waals surface area (Å²) in [6, 6.07) is 18.9. The molecule has 0 N–H and O–H groups in total. The molecule has 0 unspecified atom stereocenters. The topological polar surface area (TPSA) is 87.8 Å². The van der Waals surface area contributed by atoms with Crippen molar-refractivity contribution in [1.82, 2.24) is 9.89 Å². The highest BCUT2D eigenvalue weighted by atomic mass is 16.6. The van der Waals surface area contributed by atoms with Crippen molar-refractivity contribution >= 4 is 10.9 Å². The Hall–Kier alpha value is -4.03. The van der Waals surface area contributed by atoms with E-state index in [1.54, 1.807) is 36.2 Å². The SMILES string of the molecule is COn1c(-c2ccccc2)c(-c2ccno2)c2cc(C#N)c(C#N)cc21. The fourth-order valence-electron chi connectivity index (χ4n) is 3.13. The summed E-state index contributed by atoms with van der Waals surface area (Å²) in [5.74, 6) is 0.554. The maximum atomic E-state index is 9.41. The molecule has 4 aromatic rings. The zero-order valence-corrected chi connectivity index (χ0v) is 13.8. The van der Waals surface area contributed by atoms with Gasteiger partial charge in [-0.15, -0.1) is 0 Å². The van der Waals surface area contributed by atoms with Crippen molar-refractivity contribution in [3.8, 4) is 34.7 Å². The van der Waals surface area contributed by atoms with E-state index in [2.05, 4.69) is 17.3 Å². The summed E-state index contributed by atoms with van der Waals surface area (Å²) in [5.41, 5.74) is 3.70. The molecule has 0 aliphatic heterocycles. The van der Waals surface area contributed by atoms with Gasteiger partial charge in [0.1, 0.15) is 19.2 Å². The Morgan fingerprint density at radius 1 is 1.04 bits per heavy atom. The highest BCUT2D eigenvalue weighted by molar-refractivity contribution is 6.04. The van der Waals surface area contributed by atoms with Gasteiger partial charge in [-0.2, -0.15) is 15.3 Å². The Morgan fingerprint density at radius 2 is 1.77 bits per heavy atom. The smallest absolute Gasteiger partial charge is 0.169 e. The number of nitrogens with zero attached hydrogens (tertiary/aromatic N) is 4. The van der Waals surface area contributed by atoms with Gasteiger partial charge in [-0.25, -0.2) is 0 Å². The minimum atomic E-state index is 0.291. The van der Waals surface area contributed by atoms with Crippen molar-refractivity contribution in [2.75, 3.05) is 7.11 Å². The number of hydrogen-bond acceptors (Lipinski definition) is 5. The van der Waals surface area contributed by atoms with Gasteiger partial charge >= 0.3 is 0 Å². The number of fused-ring (bicyclic) bond motifs is 1. The third-order valence-corrected chi connectivity index (χ3v) is 4.22. The van der Waals surface area contributed by atoms with E-state index < -0.39 is 0 Å². The highest BCUT2D eigenvalue weighted by Gasteiger charge is 2.24. The zero-order valence-electron chi connectivity index (χ0n) is 13.8. The maximum absolute atomic E-state index is 9.41. The molecule has 0 saturated carbocycles. The monoisotopic (exact) mass is 340 g/mol. The fraction of sp³-hybridized carbons (Fsp3) is 0.0500. The van der Waals surface area contributed by atoms with Crippen LogP contribution < -0.4 is 4.84 Å². The van der Waals surface area contributed by atoms with Crippen LogP contribution in [-0.4, -0.2) is 17.0 Å². The van der Waals surface area contributed by atoms with Crippen molar-refractivity contribution in [2.24, 2.45) is 0 Å². The molecule has 0 aliphatic carbocycles. The van der Waals surface area contributed by atoms with Gasteiger partial charge in [0.15, 0.2) is 5.76 Å². The number of hydrogen-bond donors (Lipinski definition) is 0. The number of aromatic nitrogens is 2. The van der Waals surface area contributed by atoms with Crippen molar-refractivity contribution in [2.45, 2.75) is 0 Å². The number of rotatable bonds is 3. The molecule has 2 heterocycles. The molecule has 0 aliphatic rings. The molecule has 0 spiro atoms. The van der Waals surface area contributed by atoms with Crippen molar-refractivity contribution in [3.05, 3.63) is 65.9 Å². The second kappa shape index (κ2) is 6.12. The normalized spacial score (nSPS) is 10.4. The third-order valence-electron chi connectivity index (χ3n) is 4.22. The molecule has 0 saturated heterocycles. The predicted octanol–water partition coefficient (Wildman–Crippen LogP) is 3.77.